The normalized spacial score (nSPS) is 19.5. The van der Waals surface area contributed by atoms with E-state index in [4.69, 9.17) is 0 Å². The molecule has 194 valence electrons. The molecule has 0 aliphatic heterocycles. The number of allylic oxidation sites excluding steroid dienone is 4. The van der Waals surface area contributed by atoms with Crippen LogP contribution in [-0.4, -0.2) is 13.8 Å². The van der Waals surface area contributed by atoms with Crippen molar-refractivity contribution >= 4 is 41.8 Å². The fourth-order valence-electron chi connectivity index (χ4n) is 6.76. The van der Waals surface area contributed by atoms with Crippen LogP contribution in [0.3, 0.4) is 0 Å². The first-order valence-electron chi connectivity index (χ1n) is 12.8. The SMILES string of the molecule is CC(C)(C)c1ccc2c(c1)Cc1c-2ccc(C(C)(C)C)[c]1[Zr]([CH3])([CH3])([CH3])([CH3])(=[SiH2])(=[SiH2])[C]1=CC=CC1.Cl.Cl. The zero-order valence-electron chi connectivity index (χ0n) is 23.8. The molecule has 35 heavy (non-hydrogen) atoms. The first kappa shape index (κ1) is 31.0. The molecule has 0 radical (unpaired) electrons. The first-order valence-corrected chi connectivity index (χ1v) is 36.9. The summed E-state index contributed by atoms with van der Waals surface area (Å²) in [5.41, 5.74) is 9.24. The Balaban J connectivity index is 0.00000216. The van der Waals surface area contributed by atoms with Gasteiger partial charge in [-0.15, -0.1) is 24.8 Å². The van der Waals surface area contributed by atoms with Crippen LogP contribution < -0.4 is 3.27 Å². The monoisotopic (exact) mass is 624 g/mol. The number of halogens is 2. The summed E-state index contributed by atoms with van der Waals surface area (Å²) in [4.78, 5) is 0. The maximum absolute atomic E-state index is 5.06. The van der Waals surface area contributed by atoms with E-state index >= 15 is 0 Å². The van der Waals surface area contributed by atoms with Gasteiger partial charge in [-0.25, -0.2) is 0 Å². The van der Waals surface area contributed by atoms with E-state index in [0.29, 0.717) is 0 Å². The van der Waals surface area contributed by atoms with E-state index < -0.39 is 11.6 Å². The second-order valence-electron chi connectivity index (χ2n) is 18.8. The number of rotatable bonds is 2. The van der Waals surface area contributed by atoms with E-state index in [-0.39, 0.29) is 35.6 Å². The summed E-state index contributed by atoms with van der Waals surface area (Å²) in [7, 11) is 0. The predicted molar refractivity (Wildman–Crippen MR) is 169 cm³/mol. The number of hydrogen-bond donors (Lipinski definition) is 0. The van der Waals surface area contributed by atoms with E-state index in [9.17, 15) is 0 Å². The Morgan fingerprint density at radius 3 is 1.83 bits per heavy atom. The Morgan fingerprint density at radius 1 is 0.771 bits per heavy atom. The second kappa shape index (κ2) is 6.68. The molecule has 2 aliphatic carbocycles. The number of fused-ring (bicyclic) bond motifs is 3. The summed E-state index contributed by atoms with van der Waals surface area (Å²) in [6.45, 7) is 19.0. The molecule has 0 aromatic heterocycles. The molecule has 0 fully saturated rings. The third kappa shape index (κ3) is 4.76. The van der Waals surface area contributed by atoms with Gasteiger partial charge in [-0.1, -0.05) is 0 Å². The minimum absolute atomic E-state index is 0. The van der Waals surface area contributed by atoms with Crippen LogP contribution in [0.1, 0.15) is 70.2 Å². The molecule has 0 saturated carbocycles. The summed E-state index contributed by atoms with van der Waals surface area (Å²) in [5, 5.41) is 0. The van der Waals surface area contributed by atoms with Crippen molar-refractivity contribution < 1.29 is 11.6 Å². The van der Waals surface area contributed by atoms with E-state index in [1.165, 1.54) is 22.3 Å². The van der Waals surface area contributed by atoms with E-state index in [0.717, 1.165) is 12.8 Å². The van der Waals surface area contributed by atoms with Crippen LogP contribution in [0.4, 0.5) is 0 Å². The zero-order chi connectivity index (χ0) is 25.0. The summed E-state index contributed by atoms with van der Waals surface area (Å²) in [6.07, 6.45) is 9.26. The van der Waals surface area contributed by atoms with Crippen molar-refractivity contribution in [3.8, 4) is 11.1 Å². The molecule has 0 spiro atoms. The molecule has 0 unspecified atom stereocenters. The largest absolute Gasteiger partial charge is 0.147 e. The standard InChI is InChI=1S/C21H25.C5H5.4CH3.2ClH.2H2Si.Zr/c1-20(2,3)16-7-9-18-14(12-16)11-15-13-17(21(4,5)6)8-10-19(15)18;1-2-4-5-3-1;;;;;;;;;/h7-10,12H,11H2,1-6H3;1-3H,4H2;4*1H3;2*1H;2*1H2;. The Bertz CT molecular complexity index is 1570. The maximum Gasteiger partial charge on any atom is -0.147 e. The van der Waals surface area contributed by atoms with Gasteiger partial charge in [0, 0.05) is 0 Å². The van der Waals surface area contributed by atoms with Crippen LogP contribution in [0.25, 0.3) is 11.1 Å². The Hall–Kier alpha value is -0.183. The molecule has 0 nitrogen and oxygen atoms in total. The fourth-order valence-corrected chi connectivity index (χ4v) is 31.3. The Kier molecular flexibility index (Phi) is 5.93. The van der Waals surface area contributed by atoms with Crippen molar-refractivity contribution in [2.24, 2.45) is 0 Å². The van der Waals surface area contributed by atoms with Gasteiger partial charge in [-0.3, -0.25) is 0 Å². The topological polar surface area (TPSA) is 0 Å². The molecule has 0 heterocycles. The summed E-state index contributed by atoms with van der Waals surface area (Å²) in [5.74, 6) is 0. The zero-order valence-corrected chi connectivity index (χ0v) is 30.7. The summed E-state index contributed by atoms with van der Waals surface area (Å²) in [6, 6.07) is 12.2. The molecule has 2 aromatic carbocycles. The molecule has 0 N–H and O–H groups in total. The summed E-state index contributed by atoms with van der Waals surface area (Å²) < 4.78 is 14.2. The van der Waals surface area contributed by atoms with Crippen LogP contribution in [0.15, 0.2) is 51.8 Å². The van der Waals surface area contributed by atoms with Crippen molar-refractivity contribution in [2.75, 3.05) is 0 Å². The smallest absolute Gasteiger partial charge is 0.147 e. The Morgan fingerprint density at radius 2 is 1.34 bits per heavy atom. The van der Waals surface area contributed by atoms with Gasteiger partial charge < -0.3 is 0 Å². The predicted octanol–water partition coefficient (Wildman–Crippen LogP) is 7.75. The number of benzene rings is 2. The van der Waals surface area contributed by atoms with E-state index in [1.807, 2.05) is 0 Å². The van der Waals surface area contributed by atoms with Crippen molar-refractivity contribution in [3.05, 3.63) is 74.1 Å². The molecule has 0 amide bonds. The van der Waals surface area contributed by atoms with Crippen LogP contribution in [-0.2, 0) is 28.8 Å². The van der Waals surface area contributed by atoms with E-state index in [2.05, 4.69) is 122 Å². The van der Waals surface area contributed by atoms with Gasteiger partial charge in [0.15, 0.2) is 0 Å². The average molecular weight is 627 g/mol. The van der Waals surface area contributed by atoms with Gasteiger partial charge in [-0.2, -0.15) is 0 Å². The van der Waals surface area contributed by atoms with Crippen molar-refractivity contribution in [3.63, 3.8) is 0 Å². The average Bonchev–Trinajstić information content (AvgIpc) is 3.26. The minimum Gasteiger partial charge on any atom is -0.147 e. The molecule has 2 aliphatic rings. The third-order valence-corrected chi connectivity index (χ3v) is 37.4. The van der Waals surface area contributed by atoms with Crippen molar-refractivity contribution in [1.82, 2.24) is 0 Å². The van der Waals surface area contributed by atoms with E-state index in [1.54, 1.807) is 17.7 Å². The van der Waals surface area contributed by atoms with Gasteiger partial charge in [0.05, 0.1) is 0 Å². The second-order valence-corrected chi connectivity index (χ2v) is 119. The maximum atomic E-state index is 2.72. The van der Waals surface area contributed by atoms with Crippen molar-refractivity contribution in [2.45, 2.75) is 83.7 Å². The third-order valence-electron chi connectivity index (χ3n) is 8.90. The van der Waals surface area contributed by atoms with Gasteiger partial charge in [0.2, 0.25) is 0 Å². The first-order chi connectivity index (χ1) is 14.4. The van der Waals surface area contributed by atoms with Crippen molar-refractivity contribution in [1.29, 1.82) is 0 Å². The Labute approximate surface area is 220 Å². The number of hydrogen-bond acceptors (Lipinski definition) is 0. The van der Waals surface area contributed by atoms with Gasteiger partial charge in [0.25, 0.3) is 0 Å². The van der Waals surface area contributed by atoms with Crippen LogP contribution in [0, 0.1) is 0 Å². The molecule has 0 bridgehead atoms. The van der Waals surface area contributed by atoms with Crippen LogP contribution in [0.2, 0.25) is 18.5 Å². The molecule has 5 heteroatoms. The summed E-state index contributed by atoms with van der Waals surface area (Å²) >= 11 is -5.06. The van der Waals surface area contributed by atoms with Gasteiger partial charge >= 0.3 is 198 Å². The quantitative estimate of drug-likeness (QED) is 0.255. The molecular weight excluding hydrogens is 579 g/mol. The fraction of sp³-hybridized carbons (Fsp3) is 0.467. The van der Waals surface area contributed by atoms with Crippen LogP contribution in [0.5, 0.6) is 0 Å². The molecule has 0 atom stereocenters. The molecule has 2 aromatic rings. The molecular formula is C30H48Cl2Si2Zr. The molecule has 0 saturated heterocycles. The van der Waals surface area contributed by atoms with Gasteiger partial charge in [0.1, 0.15) is 0 Å². The minimum atomic E-state index is -5.06. The molecule has 4 rings (SSSR count). The van der Waals surface area contributed by atoms with Crippen LogP contribution >= 0.6 is 24.8 Å². The van der Waals surface area contributed by atoms with Gasteiger partial charge in [-0.05, 0) is 0 Å².